The lowest BCUT2D eigenvalue weighted by molar-refractivity contribution is 0.729. The fraction of sp³-hybridized carbons (Fsp3) is 0.273. The van der Waals surface area contributed by atoms with E-state index < -0.39 is 0 Å². The number of nitrogens with one attached hydrogen (secondary N) is 2. The van der Waals surface area contributed by atoms with Gasteiger partial charge in [-0.1, -0.05) is 79.2 Å². The summed E-state index contributed by atoms with van der Waals surface area (Å²) in [6, 6.07) is 25.5. The van der Waals surface area contributed by atoms with E-state index in [2.05, 4.69) is 108 Å². The third-order valence-electron chi connectivity index (χ3n) is 6.53. The Labute approximate surface area is 221 Å². The molecular weight excluding hydrogens is 452 g/mol. The van der Waals surface area contributed by atoms with E-state index in [1.54, 1.807) is 0 Å². The van der Waals surface area contributed by atoms with Crippen LogP contribution >= 0.6 is 0 Å². The van der Waals surface area contributed by atoms with E-state index in [1.807, 2.05) is 18.6 Å². The Morgan fingerprint density at radius 3 is 2.43 bits per heavy atom. The monoisotopic (exact) mass is 490 g/mol. The minimum Gasteiger partial charge on any atom is -0.384 e. The van der Waals surface area contributed by atoms with Crippen LogP contribution in [0, 0.1) is 0 Å². The lowest BCUT2D eigenvalue weighted by atomic mass is 10.0. The Balaban J connectivity index is 1.36. The fourth-order valence-corrected chi connectivity index (χ4v) is 4.54. The van der Waals surface area contributed by atoms with Gasteiger partial charge in [0.1, 0.15) is 0 Å². The highest BCUT2D eigenvalue weighted by molar-refractivity contribution is 5.65. The second-order valence-electron chi connectivity index (χ2n) is 9.46. The van der Waals surface area contributed by atoms with Crippen LogP contribution in [0.3, 0.4) is 0 Å². The molecule has 0 unspecified atom stereocenters. The topological polar surface area (TPSA) is 49.8 Å². The molecule has 0 saturated heterocycles. The summed E-state index contributed by atoms with van der Waals surface area (Å²) in [5.74, 6) is 0. The van der Waals surface area contributed by atoms with Gasteiger partial charge in [0.15, 0.2) is 0 Å². The first-order chi connectivity index (χ1) is 18.2. The van der Waals surface area contributed by atoms with E-state index in [1.165, 1.54) is 27.8 Å². The van der Waals surface area contributed by atoms with Gasteiger partial charge in [-0.3, -0.25) is 9.97 Å². The highest BCUT2D eigenvalue weighted by Crippen LogP contribution is 2.24. The molecule has 2 N–H and O–H groups in total. The van der Waals surface area contributed by atoms with Gasteiger partial charge < -0.3 is 10.6 Å². The number of anilines is 1. The van der Waals surface area contributed by atoms with Gasteiger partial charge in [0.2, 0.25) is 0 Å². The second kappa shape index (κ2) is 14.1. The summed E-state index contributed by atoms with van der Waals surface area (Å²) in [6.45, 7) is 7.03. The molecule has 2 aromatic carbocycles. The molecule has 4 heteroatoms. The Bertz CT molecular complexity index is 1270. The third kappa shape index (κ3) is 8.12. The molecule has 4 rings (SSSR count). The standard InChI is InChI=1S/C33H38N4/c1-3-28-16-19-35-24-31(28)21-26(2)23-34-20-17-30-22-32(25-37-33(30)29-14-8-5-9-15-29)36-18-10-13-27-11-6-4-7-12-27/h4-9,11-12,14-16,19,21-22,24-25,34,36H,3,10,13,17-18,20,23H2,1-2H3/b26-21+. The molecule has 0 radical (unpaired) electrons. The first-order valence-electron chi connectivity index (χ1n) is 13.4. The van der Waals surface area contributed by atoms with Crippen molar-refractivity contribution in [2.45, 2.75) is 39.5 Å². The first kappa shape index (κ1) is 26.3. The van der Waals surface area contributed by atoms with Crippen molar-refractivity contribution >= 4 is 11.8 Å². The zero-order valence-electron chi connectivity index (χ0n) is 22.1. The van der Waals surface area contributed by atoms with E-state index in [0.717, 1.165) is 62.3 Å². The van der Waals surface area contributed by atoms with Crippen LogP contribution in [-0.4, -0.2) is 29.6 Å². The molecule has 0 fully saturated rings. The largest absolute Gasteiger partial charge is 0.384 e. The van der Waals surface area contributed by atoms with Crippen molar-refractivity contribution in [2.24, 2.45) is 0 Å². The molecule has 2 aromatic heterocycles. The normalized spacial score (nSPS) is 11.5. The second-order valence-corrected chi connectivity index (χ2v) is 9.46. The molecule has 4 aromatic rings. The molecule has 37 heavy (non-hydrogen) atoms. The van der Waals surface area contributed by atoms with Gasteiger partial charge in [0.25, 0.3) is 0 Å². The average molecular weight is 491 g/mol. The number of aromatic nitrogens is 2. The summed E-state index contributed by atoms with van der Waals surface area (Å²) >= 11 is 0. The van der Waals surface area contributed by atoms with Crippen molar-refractivity contribution in [1.82, 2.24) is 15.3 Å². The van der Waals surface area contributed by atoms with Crippen molar-refractivity contribution in [3.63, 3.8) is 0 Å². The van der Waals surface area contributed by atoms with Crippen molar-refractivity contribution in [3.05, 3.63) is 119 Å². The number of rotatable bonds is 13. The zero-order chi connectivity index (χ0) is 25.7. The lowest BCUT2D eigenvalue weighted by Gasteiger charge is -2.14. The number of aryl methyl sites for hydroxylation is 2. The van der Waals surface area contributed by atoms with E-state index in [-0.39, 0.29) is 0 Å². The number of benzene rings is 2. The highest BCUT2D eigenvalue weighted by Gasteiger charge is 2.09. The molecule has 0 bridgehead atoms. The molecule has 0 saturated carbocycles. The van der Waals surface area contributed by atoms with Gasteiger partial charge in [-0.05, 0) is 73.5 Å². The maximum Gasteiger partial charge on any atom is 0.0736 e. The summed E-state index contributed by atoms with van der Waals surface area (Å²) in [5, 5.41) is 7.21. The third-order valence-corrected chi connectivity index (χ3v) is 6.53. The van der Waals surface area contributed by atoms with Crippen LogP contribution in [0.5, 0.6) is 0 Å². The van der Waals surface area contributed by atoms with Gasteiger partial charge in [0.05, 0.1) is 17.6 Å². The Morgan fingerprint density at radius 1 is 0.865 bits per heavy atom. The fourth-order valence-electron chi connectivity index (χ4n) is 4.54. The van der Waals surface area contributed by atoms with Gasteiger partial charge in [-0.15, -0.1) is 0 Å². The minimum absolute atomic E-state index is 0.851. The predicted molar refractivity (Wildman–Crippen MR) is 157 cm³/mol. The van der Waals surface area contributed by atoms with Gasteiger partial charge >= 0.3 is 0 Å². The van der Waals surface area contributed by atoms with Crippen LogP contribution in [0.4, 0.5) is 5.69 Å². The van der Waals surface area contributed by atoms with E-state index in [4.69, 9.17) is 4.98 Å². The molecule has 0 aliphatic heterocycles. The summed E-state index contributed by atoms with van der Waals surface area (Å²) in [6.07, 6.45) is 12.1. The molecule has 0 aliphatic carbocycles. The molecule has 0 atom stereocenters. The summed E-state index contributed by atoms with van der Waals surface area (Å²) in [7, 11) is 0. The quantitative estimate of drug-likeness (QED) is 0.198. The van der Waals surface area contributed by atoms with Crippen LogP contribution < -0.4 is 10.6 Å². The van der Waals surface area contributed by atoms with Crippen molar-refractivity contribution in [3.8, 4) is 11.3 Å². The van der Waals surface area contributed by atoms with Gasteiger partial charge in [0, 0.05) is 31.0 Å². The summed E-state index contributed by atoms with van der Waals surface area (Å²) in [5.41, 5.74) is 9.80. The molecular formula is C33H38N4. The highest BCUT2D eigenvalue weighted by atomic mass is 14.9. The first-order valence-corrected chi connectivity index (χ1v) is 13.4. The van der Waals surface area contributed by atoms with Crippen molar-refractivity contribution in [1.29, 1.82) is 0 Å². The van der Waals surface area contributed by atoms with E-state index >= 15 is 0 Å². The number of nitrogens with zero attached hydrogens (tertiary/aromatic N) is 2. The predicted octanol–water partition coefficient (Wildman–Crippen LogP) is 6.99. The van der Waals surface area contributed by atoms with Crippen LogP contribution in [0.2, 0.25) is 0 Å². The van der Waals surface area contributed by atoms with Crippen LogP contribution in [0.25, 0.3) is 17.3 Å². The van der Waals surface area contributed by atoms with Crippen molar-refractivity contribution < 1.29 is 0 Å². The Hall–Kier alpha value is -3.76. The lowest BCUT2D eigenvalue weighted by Crippen LogP contribution is -2.20. The maximum absolute atomic E-state index is 4.87. The zero-order valence-corrected chi connectivity index (χ0v) is 22.1. The van der Waals surface area contributed by atoms with Crippen LogP contribution in [0.1, 0.15) is 42.5 Å². The van der Waals surface area contributed by atoms with E-state index in [9.17, 15) is 0 Å². The molecule has 0 spiro atoms. The smallest absolute Gasteiger partial charge is 0.0736 e. The molecule has 4 nitrogen and oxygen atoms in total. The van der Waals surface area contributed by atoms with Gasteiger partial charge in [-0.25, -0.2) is 0 Å². The number of hydrogen-bond donors (Lipinski definition) is 2. The molecule has 190 valence electrons. The number of pyridine rings is 2. The Morgan fingerprint density at radius 2 is 1.65 bits per heavy atom. The van der Waals surface area contributed by atoms with Crippen molar-refractivity contribution in [2.75, 3.05) is 25.0 Å². The van der Waals surface area contributed by atoms with Crippen LogP contribution in [0.15, 0.2) is 97.0 Å². The number of hydrogen-bond acceptors (Lipinski definition) is 4. The summed E-state index contributed by atoms with van der Waals surface area (Å²) < 4.78 is 0. The average Bonchev–Trinajstić information content (AvgIpc) is 2.95. The van der Waals surface area contributed by atoms with E-state index in [0.29, 0.717) is 0 Å². The SMILES string of the molecule is CCc1ccncc1/C=C(\C)CNCCc1cc(NCCCc2ccccc2)cnc1-c1ccccc1. The van der Waals surface area contributed by atoms with Gasteiger partial charge in [-0.2, -0.15) is 0 Å². The summed E-state index contributed by atoms with van der Waals surface area (Å²) in [4.78, 5) is 9.16. The molecule has 2 heterocycles. The Kier molecular flexibility index (Phi) is 10.0. The van der Waals surface area contributed by atoms with Crippen LogP contribution in [-0.2, 0) is 19.3 Å². The molecule has 0 aliphatic rings. The minimum atomic E-state index is 0.851. The molecule has 0 amide bonds. The maximum atomic E-state index is 4.87.